The fourth-order valence-electron chi connectivity index (χ4n) is 4.68. The zero-order valence-corrected chi connectivity index (χ0v) is 19.4. The molecular formula is C24H30F3N3O4. The fourth-order valence-corrected chi connectivity index (χ4v) is 4.68. The van der Waals surface area contributed by atoms with Gasteiger partial charge in [0.05, 0.1) is 12.8 Å². The lowest BCUT2D eigenvalue weighted by molar-refractivity contribution is -0.192. The molecule has 186 valence electrons. The van der Waals surface area contributed by atoms with Gasteiger partial charge in [0.15, 0.2) is 0 Å². The Kier molecular flexibility index (Phi) is 7.89. The molecule has 0 bridgehead atoms. The van der Waals surface area contributed by atoms with Crippen molar-refractivity contribution in [2.45, 2.75) is 58.0 Å². The third-order valence-electron chi connectivity index (χ3n) is 6.58. The van der Waals surface area contributed by atoms with E-state index in [1.807, 2.05) is 24.3 Å². The van der Waals surface area contributed by atoms with Crippen LogP contribution in [-0.2, 0) is 22.4 Å². The standard InChI is InChI=1S/C22H29N3O2.C2HF3O2/c1-22(12-6-3-7-13-22)21(26)25-14-10-16-18(11-15-25)23-24-20(16)17-8-4-5-9-19(17)27-2;3-2(4,5)1(6)7/h4-5,8-9H,3,6-7,10-15H2,1-2H3,(H,23,24);(H,6,7). The summed E-state index contributed by atoms with van der Waals surface area (Å²) in [5, 5.41) is 14.9. The summed E-state index contributed by atoms with van der Waals surface area (Å²) < 4.78 is 37.3. The number of ether oxygens (including phenoxy) is 1. The Labute approximate surface area is 196 Å². The summed E-state index contributed by atoms with van der Waals surface area (Å²) in [6.07, 6.45) is 2.26. The molecule has 1 aromatic carbocycles. The van der Waals surface area contributed by atoms with E-state index in [0.717, 1.165) is 61.5 Å². The van der Waals surface area contributed by atoms with E-state index >= 15 is 0 Å². The molecule has 2 aromatic rings. The first kappa shape index (κ1) is 25.6. The van der Waals surface area contributed by atoms with E-state index in [-0.39, 0.29) is 5.41 Å². The van der Waals surface area contributed by atoms with Gasteiger partial charge in [0.1, 0.15) is 5.75 Å². The predicted octanol–water partition coefficient (Wildman–Crippen LogP) is 4.62. The van der Waals surface area contributed by atoms with Crippen molar-refractivity contribution in [1.82, 2.24) is 15.1 Å². The van der Waals surface area contributed by atoms with Gasteiger partial charge in [0.2, 0.25) is 5.91 Å². The third kappa shape index (κ3) is 5.71. The summed E-state index contributed by atoms with van der Waals surface area (Å²) in [6.45, 7) is 3.71. The molecule has 34 heavy (non-hydrogen) atoms. The van der Waals surface area contributed by atoms with Crippen molar-refractivity contribution in [2.75, 3.05) is 20.2 Å². The number of rotatable bonds is 3. The number of alkyl halides is 3. The van der Waals surface area contributed by atoms with E-state index in [4.69, 9.17) is 14.6 Å². The van der Waals surface area contributed by atoms with E-state index in [1.54, 1.807) is 7.11 Å². The zero-order valence-electron chi connectivity index (χ0n) is 19.4. The first-order valence-corrected chi connectivity index (χ1v) is 11.4. The molecule has 0 saturated heterocycles. The molecule has 7 nitrogen and oxygen atoms in total. The zero-order chi connectivity index (χ0) is 24.9. The van der Waals surface area contributed by atoms with Crippen molar-refractivity contribution in [3.8, 4) is 17.0 Å². The highest BCUT2D eigenvalue weighted by Gasteiger charge is 2.39. The molecule has 1 fully saturated rings. The second kappa shape index (κ2) is 10.5. The Morgan fingerprint density at radius 3 is 2.35 bits per heavy atom. The molecule has 0 spiro atoms. The van der Waals surface area contributed by atoms with Gasteiger partial charge in [-0.3, -0.25) is 9.89 Å². The maximum atomic E-state index is 13.2. The maximum absolute atomic E-state index is 13.2. The number of carboxylic acids is 1. The van der Waals surface area contributed by atoms with Crippen LogP contribution in [0.4, 0.5) is 13.2 Å². The van der Waals surface area contributed by atoms with Crippen molar-refractivity contribution in [2.24, 2.45) is 5.41 Å². The van der Waals surface area contributed by atoms with Crippen LogP contribution in [0, 0.1) is 5.41 Å². The minimum atomic E-state index is -5.08. The molecule has 2 heterocycles. The Morgan fingerprint density at radius 1 is 1.12 bits per heavy atom. The number of amides is 1. The predicted molar refractivity (Wildman–Crippen MR) is 119 cm³/mol. The number of H-pyrrole nitrogens is 1. The van der Waals surface area contributed by atoms with Crippen LogP contribution >= 0.6 is 0 Å². The molecule has 1 saturated carbocycles. The number of fused-ring (bicyclic) bond motifs is 1. The molecule has 2 aliphatic rings. The van der Waals surface area contributed by atoms with Crippen LogP contribution in [-0.4, -0.2) is 58.5 Å². The Bertz CT molecular complexity index is 1010. The second-order valence-electron chi connectivity index (χ2n) is 8.95. The van der Waals surface area contributed by atoms with Crippen molar-refractivity contribution in [3.63, 3.8) is 0 Å². The number of aromatic amines is 1. The van der Waals surface area contributed by atoms with Gasteiger partial charge in [-0.1, -0.05) is 38.3 Å². The summed E-state index contributed by atoms with van der Waals surface area (Å²) >= 11 is 0. The van der Waals surface area contributed by atoms with Crippen LogP contribution in [0.5, 0.6) is 5.75 Å². The number of aromatic nitrogens is 2. The minimum Gasteiger partial charge on any atom is -0.496 e. The molecule has 1 aliphatic heterocycles. The summed E-state index contributed by atoms with van der Waals surface area (Å²) in [5.74, 6) is -1.58. The number of methoxy groups -OCH3 is 1. The Hall–Kier alpha value is -3.04. The van der Waals surface area contributed by atoms with Crippen LogP contribution in [0.15, 0.2) is 24.3 Å². The molecule has 10 heteroatoms. The van der Waals surface area contributed by atoms with Crippen LogP contribution in [0.25, 0.3) is 11.3 Å². The molecule has 4 rings (SSSR count). The Balaban J connectivity index is 0.000000406. The van der Waals surface area contributed by atoms with Crippen molar-refractivity contribution in [3.05, 3.63) is 35.5 Å². The number of hydrogen-bond donors (Lipinski definition) is 2. The lowest BCUT2D eigenvalue weighted by Gasteiger charge is -2.36. The van der Waals surface area contributed by atoms with E-state index in [0.29, 0.717) is 5.91 Å². The van der Waals surface area contributed by atoms with Crippen molar-refractivity contribution < 1.29 is 32.6 Å². The summed E-state index contributed by atoms with van der Waals surface area (Å²) in [5.41, 5.74) is 4.18. The van der Waals surface area contributed by atoms with Gasteiger partial charge < -0.3 is 14.7 Å². The summed E-state index contributed by atoms with van der Waals surface area (Å²) in [4.78, 5) is 24.2. The van der Waals surface area contributed by atoms with Crippen LogP contribution < -0.4 is 4.74 Å². The van der Waals surface area contributed by atoms with Crippen LogP contribution in [0.2, 0.25) is 0 Å². The van der Waals surface area contributed by atoms with E-state index in [9.17, 15) is 18.0 Å². The van der Waals surface area contributed by atoms with Gasteiger partial charge in [-0.2, -0.15) is 18.3 Å². The van der Waals surface area contributed by atoms with E-state index in [2.05, 4.69) is 22.0 Å². The van der Waals surface area contributed by atoms with Gasteiger partial charge in [-0.05, 0) is 31.4 Å². The van der Waals surface area contributed by atoms with Crippen LogP contribution in [0.3, 0.4) is 0 Å². The third-order valence-corrected chi connectivity index (χ3v) is 6.58. The monoisotopic (exact) mass is 481 g/mol. The summed E-state index contributed by atoms with van der Waals surface area (Å²) in [6, 6.07) is 7.99. The maximum Gasteiger partial charge on any atom is 0.490 e. The molecule has 1 aromatic heterocycles. The van der Waals surface area contributed by atoms with Crippen LogP contribution in [0.1, 0.15) is 50.3 Å². The normalized spacial score (nSPS) is 17.6. The summed E-state index contributed by atoms with van der Waals surface area (Å²) in [7, 11) is 1.69. The lowest BCUT2D eigenvalue weighted by Crippen LogP contribution is -2.44. The van der Waals surface area contributed by atoms with Crippen molar-refractivity contribution in [1.29, 1.82) is 0 Å². The molecule has 2 N–H and O–H groups in total. The van der Waals surface area contributed by atoms with E-state index in [1.165, 1.54) is 24.8 Å². The van der Waals surface area contributed by atoms with Gasteiger partial charge in [0, 0.05) is 41.7 Å². The fraction of sp³-hybridized carbons (Fsp3) is 0.542. The number of para-hydroxylation sites is 1. The molecule has 1 amide bonds. The number of carbonyl (C=O) groups excluding carboxylic acids is 1. The van der Waals surface area contributed by atoms with E-state index < -0.39 is 12.1 Å². The lowest BCUT2D eigenvalue weighted by atomic mass is 9.74. The molecule has 0 radical (unpaired) electrons. The molecule has 1 aliphatic carbocycles. The van der Waals surface area contributed by atoms with Gasteiger partial charge >= 0.3 is 12.1 Å². The minimum absolute atomic E-state index is 0.167. The number of halogens is 3. The largest absolute Gasteiger partial charge is 0.496 e. The molecular weight excluding hydrogens is 451 g/mol. The number of nitrogens with one attached hydrogen (secondary N) is 1. The average Bonchev–Trinajstić information content (AvgIpc) is 3.09. The number of aliphatic carboxylic acids is 1. The van der Waals surface area contributed by atoms with Crippen molar-refractivity contribution >= 4 is 11.9 Å². The van der Waals surface area contributed by atoms with Gasteiger partial charge in [-0.25, -0.2) is 4.79 Å². The highest BCUT2D eigenvalue weighted by Crippen LogP contribution is 2.38. The number of hydrogen-bond acceptors (Lipinski definition) is 4. The number of benzene rings is 1. The quantitative estimate of drug-likeness (QED) is 0.667. The second-order valence-corrected chi connectivity index (χ2v) is 8.95. The number of carbonyl (C=O) groups is 2. The molecule has 0 unspecified atom stereocenters. The highest BCUT2D eigenvalue weighted by atomic mass is 19.4. The number of nitrogens with zero attached hydrogens (tertiary/aromatic N) is 2. The highest BCUT2D eigenvalue weighted by molar-refractivity contribution is 5.82. The SMILES string of the molecule is COc1ccccc1-c1n[nH]c2c1CCN(C(=O)C1(C)CCCCC1)CC2.O=C(O)C(F)(F)F. The van der Waals surface area contributed by atoms with Gasteiger partial charge in [-0.15, -0.1) is 0 Å². The first-order chi connectivity index (χ1) is 16.1. The van der Waals surface area contributed by atoms with Gasteiger partial charge in [0.25, 0.3) is 0 Å². The number of carboxylic acid groups (broad SMARTS) is 1. The molecule has 0 atom stereocenters. The smallest absolute Gasteiger partial charge is 0.490 e. The Morgan fingerprint density at radius 2 is 1.74 bits per heavy atom. The average molecular weight is 482 g/mol. The first-order valence-electron chi connectivity index (χ1n) is 11.4. The topological polar surface area (TPSA) is 95.5 Å².